The molecule has 1 aromatic heterocycles. The quantitative estimate of drug-likeness (QED) is 0.167. The lowest BCUT2D eigenvalue weighted by atomic mass is 10.1. The van der Waals surface area contributed by atoms with Gasteiger partial charge in [0.15, 0.2) is 5.11 Å². The Labute approximate surface area is 236 Å². The lowest BCUT2D eigenvalue weighted by Gasteiger charge is -2.16. The number of likely N-dealkylation sites (N-methyl/N-ethyl adjacent to an activating group) is 1. The van der Waals surface area contributed by atoms with Crippen LogP contribution in [0.2, 0.25) is 0 Å². The monoisotopic (exact) mass is 589 g/mol. The van der Waals surface area contributed by atoms with Crippen molar-refractivity contribution >= 4 is 61.8 Å². The Morgan fingerprint density at radius 1 is 0.974 bits per heavy atom. The van der Waals surface area contributed by atoms with Crippen LogP contribution in [-0.4, -0.2) is 40.7 Å². The fourth-order valence-electron chi connectivity index (χ4n) is 4.48. The summed E-state index contributed by atoms with van der Waals surface area (Å²) in [5.41, 5.74) is 4.41. The summed E-state index contributed by atoms with van der Waals surface area (Å²) >= 11 is 9.26. The molecule has 2 heterocycles. The Kier molecular flexibility index (Phi) is 7.53. The number of fused-ring (bicyclic) bond motifs is 1. The van der Waals surface area contributed by atoms with Crippen LogP contribution in [0.1, 0.15) is 18.1 Å². The summed E-state index contributed by atoms with van der Waals surface area (Å²) in [6.45, 7) is 5.76. The average Bonchev–Trinajstić information content (AvgIpc) is 3.35. The third-order valence-electron chi connectivity index (χ3n) is 6.46. The van der Waals surface area contributed by atoms with Gasteiger partial charge in [0.25, 0.3) is 5.91 Å². The average molecular weight is 591 g/mol. The maximum atomic E-state index is 13.6. The lowest BCUT2D eigenvalue weighted by Crippen LogP contribution is -2.31. The molecule has 0 spiro atoms. The molecule has 1 fully saturated rings. The zero-order valence-corrected chi connectivity index (χ0v) is 23.9. The highest BCUT2D eigenvalue weighted by Gasteiger charge is 2.37. The largest absolute Gasteiger partial charge is 0.494 e. The number of benzene rings is 3. The molecule has 38 heavy (non-hydrogen) atoms. The van der Waals surface area contributed by atoms with Crippen LogP contribution >= 0.6 is 28.1 Å². The molecule has 3 aromatic carbocycles. The van der Waals surface area contributed by atoms with Gasteiger partial charge in [0, 0.05) is 34.2 Å². The Bertz CT molecular complexity index is 1530. The van der Waals surface area contributed by atoms with Crippen molar-refractivity contribution in [1.29, 1.82) is 0 Å². The first-order chi connectivity index (χ1) is 18.4. The Morgan fingerprint density at radius 3 is 2.37 bits per heavy atom. The van der Waals surface area contributed by atoms with Gasteiger partial charge in [-0.1, -0.05) is 33.6 Å². The lowest BCUT2D eigenvalue weighted by molar-refractivity contribution is -0.114. The Balaban J connectivity index is 1.43. The van der Waals surface area contributed by atoms with E-state index in [0.29, 0.717) is 36.3 Å². The van der Waals surface area contributed by atoms with Gasteiger partial charge in [-0.25, -0.2) is 0 Å². The summed E-state index contributed by atoms with van der Waals surface area (Å²) in [5.74, 6) is 1.43. The SMILES string of the molecule is CCOc1ccc(N2C(=O)/C(=C/c3cn(CCOc4ccc(C)cc4)c4ccc(Br)cc34)N(C)C2=S)cc1. The van der Waals surface area contributed by atoms with E-state index in [1.165, 1.54) is 5.56 Å². The molecule has 0 radical (unpaired) electrons. The predicted molar refractivity (Wildman–Crippen MR) is 160 cm³/mol. The number of halogens is 1. The van der Waals surface area contributed by atoms with Crippen LogP contribution < -0.4 is 14.4 Å². The number of ether oxygens (including phenoxy) is 2. The van der Waals surface area contributed by atoms with E-state index in [4.69, 9.17) is 21.7 Å². The molecule has 0 N–H and O–H groups in total. The Hall–Kier alpha value is -3.62. The topological polar surface area (TPSA) is 46.9 Å². The van der Waals surface area contributed by atoms with E-state index < -0.39 is 0 Å². The third-order valence-corrected chi connectivity index (χ3v) is 7.41. The molecule has 0 atom stereocenters. The van der Waals surface area contributed by atoms with E-state index in [1.807, 2.05) is 74.6 Å². The van der Waals surface area contributed by atoms with Crippen LogP contribution in [-0.2, 0) is 11.3 Å². The molecular formula is C30H28BrN3O3S. The second kappa shape index (κ2) is 11.0. The van der Waals surface area contributed by atoms with Crippen molar-refractivity contribution in [2.45, 2.75) is 20.4 Å². The summed E-state index contributed by atoms with van der Waals surface area (Å²) in [5, 5.41) is 1.47. The van der Waals surface area contributed by atoms with Gasteiger partial charge in [-0.15, -0.1) is 0 Å². The van der Waals surface area contributed by atoms with Crippen LogP contribution in [0.4, 0.5) is 5.69 Å². The van der Waals surface area contributed by atoms with Crippen molar-refractivity contribution in [3.63, 3.8) is 0 Å². The maximum absolute atomic E-state index is 13.6. The number of thiocarbonyl (C=S) groups is 1. The van der Waals surface area contributed by atoms with Gasteiger partial charge in [0.05, 0.1) is 18.8 Å². The maximum Gasteiger partial charge on any atom is 0.281 e. The number of anilines is 1. The molecule has 4 aromatic rings. The van der Waals surface area contributed by atoms with Gasteiger partial charge in [-0.3, -0.25) is 9.69 Å². The van der Waals surface area contributed by atoms with Crippen molar-refractivity contribution in [3.8, 4) is 11.5 Å². The molecule has 1 aliphatic heterocycles. The minimum Gasteiger partial charge on any atom is -0.494 e. The van der Waals surface area contributed by atoms with Gasteiger partial charge < -0.3 is 18.9 Å². The normalized spacial score (nSPS) is 14.7. The molecule has 6 nitrogen and oxygen atoms in total. The smallest absolute Gasteiger partial charge is 0.281 e. The van der Waals surface area contributed by atoms with Crippen LogP contribution in [0.5, 0.6) is 11.5 Å². The number of aromatic nitrogens is 1. The third kappa shape index (κ3) is 5.19. The van der Waals surface area contributed by atoms with Crippen LogP contribution in [0, 0.1) is 6.92 Å². The summed E-state index contributed by atoms with van der Waals surface area (Å²) in [7, 11) is 1.82. The predicted octanol–water partition coefficient (Wildman–Crippen LogP) is 6.79. The fraction of sp³-hybridized carbons (Fsp3) is 0.200. The number of hydrogen-bond acceptors (Lipinski definition) is 4. The second-order valence-corrected chi connectivity index (χ2v) is 10.3. The van der Waals surface area contributed by atoms with Crippen molar-refractivity contribution in [1.82, 2.24) is 9.47 Å². The minimum absolute atomic E-state index is 0.166. The zero-order chi connectivity index (χ0) is 26.8. The van der Waals surface area contributed by atoms with Gasteiger partial charge in [0.2, 0.25) is 0 Å². The van der Waals surface area contributed by atoms with E-state index in [1.54, 1.807) is 9.80 Å². The molecule has 1 amide bonds. The first kappa shape index (κ1) is 26.0. The molecule has 0 bridgehead atoms. The van der Waals surface area contributed by atoms with Crippen molar-refractivity contribution < 1.29 is 14.3 Å². The van der Waals surface area contributed by atoms with E-state index >= 15 is 0 Å². The van der Waals surface area contributed by atoms with Gasteiger partial charge in [-0.05, 0) is 86.7 Å². The van der Waals surface area contributed by atoms with Crippen molar-refractivity contribution in [3.05, 3.63) is 94.2 Å². The molecule has 0 aliphatic carbocycles. The molecule has 0 saturated carbocycles. The highest BCUT2D eigenvalue weighted by molar-refractivity contribution is 9.10. The van der Waals surface area contributed by atoms with E-state index in [9.17, 15) is 4.79 Å². The number of carbonyl (C=O) groups excluding carboxylic acids is 1. The number of nitrogens with zero attached hydrogens (tertiary/aromatic N) is 3. The number of amides is 1. The second-order valence-electron chi connectivity index (χ2n) is 9.04. The summed E-state index contributed by atoms with van der Waals surface area (Å²) in [6, 6.07) is 21.6. The molecule has 8 heteroatoms. The zero-order valence-electron chi connectivity index (χ0n) is 21.5. The molecule has 1 aliphatic rings. The van der Waals surface area contributed by atoms with E-state index in [-0.39, 0.29) is 5.91 Å². The highest BCUT2D eigenvalue weighted by Crippen LogP contribution is 2.32. The highest BCUT2D eigenvalue weighted by atomic mass is 79.9. The van der Waals surface area contributed by atoms with Gasteiger partial charge in [0.1, 0.15) is 23.8 Å². The van der Waals surface area contributed by atoms with E-state index in [2.05, 4.69) is 45.8 Å². The van der Waals surface area contributed by atoms with Crippen molar-refractivity contribution in [2.24, 2.45) is 0 Å². The summed E-state index contributed by atoms with van der Waals surface area (Å²) in [4.78, 5) is 16.9. The molecule has 1 saturated heterocycles. The standard InChI is InChI=1S/C30H28BrN3O3S/c1-4-36-24-12-8-23(9-13-24)34-29(35)28(32(3)30(34)38)17-21-19-33(27-14-7-22(31)18-26(21)27)15-16-37-25-10-5-20(2)6-11-25/h5-14,17-19H,4,15-16H2,1-3H3/b28-17-. The van der Waals surface area contributed by atoms with E-state index in [0.717, 1.165) is 32.4 Å². The Morgan fingerprint density at radius 2 is 1.66 bits per heavy atom. The van der Waals surface area contributed by atoms with Gasteiger partial charge >= 0.3 is 0 Å². The number of hydrogen-bond donors (Lipinski definition) is 0. The fourth-order valence-corrected chi connectivity index (χ4v) is 5.13. The molecular weight excluding hydrogens is 562 g/mol. The minimum atomic E-state index is -0.166. The van der Waals surface area contributed by atoms with Gasteiger partial charge in [-0.2, -0.15) is 0 Å². The first-order valence-electron chi connectivity index (χ1n) is 12.4. The van der Waals surface area contributed by atoms with Crippen LogP contribution in [0.15, 0.2) is 83.1 Å². The number of rotatable bonds is 8. The summed E-state index contributed by atoms with van der Waals surface area (Å²) < 4.78 is 14.6. The molecule has 194 valence electrons. The molecule has 5 rings (SSSR count). The number of carbonyl (C=O) groups is 1. The number of aryl methyl sites for hydroxylation is 1. The van der Waals surface area contributed by atoms with Crippen molar-refractivity contribution in [2.75, 3.05) is 25.2 Å². The summed E-state index contributed by atoms with van der Waals surface area (Å²) in [6.07, 6.45) is 3.97. The van der Waals surface area contributed by atoms with Crippen LogP contribution in [0.3, 0.4) is 0 Å². The first-order valence-corrected chi connectivity index (χ1v) is 13.6. The van der Waals surface area contributed by atoms with Crippen LogP contribution in [0.25, 0.3) is 17.0 Å². The molecule has 0 unspecified atom stereocenters.